The van der Waals surface area contributed by atoms with E-state index in [0.29, 0.717) is 12.1 Å². The number of imidazole rings is 1. The first-order valence-electron chi connectivity index (χ1n) is 4.94. The second-order valence-corrected chi connectivity index (χ2v) is 3.00. The first-order valence-corrected chi connectivity index (χ1v) is 4.94. The molecule has 23 heavy (non-hydrogen) atoms. The van der Waals surface area contributed by atoms with Crippen molar-refractivity contribution < 1.29 is 68.0 Å². The number of carboxylic acid groups (broad SMARTS) is 2. The minimum atomic E-state index is -2.19. The maximum Gasteiger partial charge on any atom is 4.00 e. The third-order valence-electron chi connectivity index (χ3n) is 1.61. The summed E-state index contributed by atoms with van der Waals surface area (Å²) < 4.78 is 4.45. The zero-order chi connectivity index (χ0) is 16.8. The van der Waals surface area contributed by atoms with Crippen LogP contribution in [0.25, 0.3) is 0 Å². The molecule has 0 bridgehead atoms. The van der Waals surface area contributed by atoms with Crippen LogP contribution in [0.15, 0.2) is 17.9 Å². The molecule has 1 heterocycles. The van der Waals surface area contributed by atoms with E-state index in [0.717, 1.165) is 0 Å². The summed E-state index contributed by atoms with van der Waals surface area (Å²) >= 11 is 0. The van der Waals surface area contributed by atoms with Gasteiger partial charge in [0.2, 0.25) is 0 Å². The summed E-state index contributed by atoms with van der Waals surface area (Å²) in [6.45, 7) is 0. The Labute approximate surface area is 150 Å². The Morgan fingerprint density at radius 1 is 1.43 bits per heavy atom. The summed E-state index contributed by atoms with van der Waals surface area (Å²) in [5.74, 6) is -4.80. The van der Waals surface area contributed by atoms with Crippen LogP contribution in [-0.4, -0.2) is 41.3 Å². The van der Waals surface area contributed by atoms with Crippen LogP contribution in [0.2, 0.25) is 0 Å². The number of aliphatic carboxylic acids is 2. The van der Waals surface area contributed by atoms with Crippen LogP contribution in [0.1, 0.15) is 5.69 Å². The number of halogens is 1. The number of hydrogen-bond acceptors (Lipinski definition) is 10. The molecule has 0 aliphatic heterocycles. The fraction of sp³-hybridized carbons (Fsp3) is 0.333. The third-order valence-corrected chi connectivity index (χ3v) is 1.61. The van der Waals surface area contributed by atoms with Gasteiger partial charge in [-0.3, -0.25) is 4.79 Å². The van der Waals surface area contributed by atoms with Crippen LogP contribution >= 0.6 is 0 Å². The van der Waals surface area contributed by atoms with E-state index in [1.165, 1.54) is 18.8 Å². The SMILES string of the molecule is COC(=O)C(N)Cc1c[n-]cn1.O=C([O-])C(=O)[O-].O=NO.[Cl-].[Pt+4]. The van der Waals surface area contributed by atoms with Crippen molar-refractivity contribution in [2.45, 2.75) is 12.5 Å². The number of rotatable bonds is 3. The van der Waals surface area contributed by atoms with E-state index in [9.17, 15) is 4.79 Å². The topological polar surface area (TPSA) is 209 Å². The molecule has 1 aromatic heterocycles. The Morgan fingerprint density at radius 2 is 1.87 bits per heavy atom. The number of nitrogens with two attached hydrogens (primary N) is 1. The number of aromatic nitrogens is 2. The summed E-state index contributed by atoms with van der Waals surface area (Å²) in [5.41, 5.74) is 6.18. The van der Waals surface area contributed by atoms with E-state index in [-0.39, 0.29) is 33.5 Å². The van der Waals surface area contributed by atoms with Gasteiger partial charge in [0.1, 0.15) is 6.04 Å². The van der Waals surface area contributed by atoms with Gasteiger partial charge in [-0.05, 0) is 6.42 Å². The van der Waals surface area contributed by atoms with Crippen LogP contribution < -0.4 is 33.3 Å². The molecule has 0 fully saturated rings. The Kier molecular flexibility index (Phi) is 22.7. The van der Waals surface area contributed by atoms with Crippen LogP contribution in [0.4, 0.5) is 0 Å². The van der Waals surface area contributed by atoms with Crippen molar-refractivity contribution >= 4 is 17.9 Å². The zero-order valence-corrected chi connectivity index (χ0v) is 14.4. The second-order valence-electron chi connectivity index (χ2n) is 3.00. The number of carbonyl (C=O) groups is 3. The fourth-order valence-corrected chi connectivity index (χ4v) is 0.826. The average molecular weight is 534 g/mol. The van der Waals surface area contributed by atoms with E-state index in [1.54, 1.807) is 6.20 Å². The zero-order valence-electron chi connectivity index (χ0n) is 11.4. The monoisotopic (exact) mass is 533 g/mol. The van der Waals surface area contributed by atoms with Crippen molar-refractivity contribution in [1.82, 2.24) is 9.97 Å². The minimum Gasteiger partial charge on any atom is -1.00 e. The molecular formula is C9H11ClN4O8Pt. The summed E-state index contributed by atoms with van der Waals surface area (Å²) in [7, 11) is 1.30. The average Bonchev–Trinajstić information content (AvgIpc) is 2.92. The van der Waals surface area contributed by atoms with Gasteiger partial charge in [0.15, 0.2) is 5.34 Å². The molecule has 132 valence electrons. The predicted molar refractivity (Wildman–Crippen MR) is 58.8 cm³/mol. The molecular weight excluding hydrogens is 523 g/mol. The molecule has 12 nitrogen and oxygen atoms in total. The molecule has 0 aliphatic rings. The van der Waals surface area contributed by atoms with Gasteiger partial charge in [-0.1, -0.05) is 18.2 Å². The van der Waals surface area contributed by atoms with Gasteiger partial charge in [-0.2, -0.15) is 0 Å². The van der Waals surface area contributed by atoms with Crippen LogP contribution in [0, 0.1) is 4.91 Å². The Bertz CT molecular complexity index is 446. The first kappa shape index (κ1) is 29.0. The number of esters is 1. The van der Waals surface area contributed by atoms with Crippen molar-refractivity contribution in [2.24, 2.45) is 11.1 Å². The molecule has 1 aromatic rings. The second kappa shape index (κ2) is 18.0. The maximum atomic E-state index is 10.8. The van der Waals surface area contributed by atoms with Gasteiger partial charge in [0.25, 0.3) is 0 Å². The number of carboxylic acids is 2. The van der Waals surface area contributed by atoms with Crippen molar-refractivity contribution in [3.05, 3.63) is 23.1 Å². The molecule has 0 aromatic carbocycles. The Balaban J connectivity index is -0.000000141. The van der Waals surface area contributed by atoms with Gasteiger partial charge < -0.3 is 57.9 Å². The third kappa shape index (κ3) is 17.9. The molecule has 0 saturated heterocycles. The molecule has 3 N–H and O–H groups in total. The van der Waals surface area contributed by atoms with Crippen LogP contribution in [0.5, 0.6) is 0 Å². The van der Waals surface area contributed by atoms with Crippen molar-refractivity contribution in [2.75, 3.05) is 7.11 Å². The largest absolute Gasteiger partial charge is 4.00 e. The molecule has 1 rings (SSSR count). The maximum absolute atomic E-state index is 10.8. The normalized spacial score (nSPS) is 8.96. The summed E-state index contributed by atoms with van der Waals surface area (Å²) in [6.07, 6.45) is 3.36. The van der Waals surface area contributed by atoms with Gasteiger partial charge in [0.05, 0.1) is 19.0 Å². The van der Waals surface area contributed by atoms with Gasteiger partial charge in [-0.25, -0.2) is 0 Å². The van der Waals surface area contributed by atoms with E-state index < -0.39 is 23.9 Å². The van der Waals surface area contributed by atoms with Gasteiger partial charge in [0, 0.05) is 0 Å². The van der Waals surface area contributed by atoms with Crippen molar-refractivity contribution in [3.63, 3.8) is 0 Å². The number of carbonyl (C=O) groups excluding carboxylic acids is 3. The van der Waals surface area contributed by atoms with Crippen LogP contribution in [0.3, 0.4) is 0 Å². The van der Waals surface area contributed by atoms with E-state index >= 15 is 0 Å². The molecule has 0 amide bonds. The van der Waals surface area contributed by atoms with Crippen LogP contribution in [-0.2, 0) is 46.6 Å². The smallest absolute Gasteiger partial charge is 1.00 e. The molecule has 1 unspecified atom stereocenters. The number of hydrogen-bond donors (Lipinski definition) is 2. The molecule has 14 heteroatoms. The standard InChI is InChI=1S/C7H10N3O2.C2H2O4.ClH.HNO2.Pt/c1-12-7(11)6(8)2-5-3-9-4-10-5;3-1(4)2(5)6;;2-1-3;/h3-4,6H,2,8H2,1H3;(H,3,4)(H,5,6);1H;(H,2,3);/q-1;;;;+4/p-3. The summed E-state index contributed by atoms with van der Waals surface area (Å²) in [5, 5.41) is 25.7. The van der Waals surface area contributed by atoms with E-state index in [2.05, 4.69) is 14.7 Å². The minimum absolute atomic E-state index is 0. The number of methoxy groups -OCH3 is 1. The van der Waals surface area contributed by atoms with Gasteiger partial charge in [-0.15, -0.1) is 4.91 Å². The fourth-order valence-electron chi connectivity index (χ4n) is 0.826. The summed E-state index contributed by atoms with van der Waals surface area (Å²) in [4.78, 5) is 44.4. The molecule has 0 aliphatic carbocycles. The van der Waals surface area contributed by atoms with E-state index in [4.69, 9.17) is 35.7 Å². The Morgan fingerprint density at radius 3 is 2.13 bits per heavy atom. The van der Waals surface area contributed by atoms with Gasteiger partial charge >= 0.3 is 27.0 Å². The summed E-state index contributed by atoms with van der Waals surface area (Å²) in [6, 6.07) is -0.647. The van der Waals surface area contributed by atoms with Crippen molar-refractivity contribution in [3.8, 4) is 0 Å². The first-order chi connectivity index (χ1) is 9.79. The Hall–Kier alpha value is -2.04. The quantitative estimate of drug-likeness (QED) is 0.161. The number of nitrogens with zero attached hydrogens (tertiary/aromatic N) is 3. The molecule has 0 radical (unpaired) electrons. The molecule has 0 spiro atoms. The predicted octanol–water partition coefficient (Wildman–Crippen LogP) is -7.29. The van der Waals surface area contributed by atoms with Crippen molar-refractivity contribution in [1.29, 1.82) is 0 Å². The number of ether oxygens (including phenoxy) is 1. The van der Waals surface area contributed by atoms with E-state index in [1.807, 2.05) is 0 Å². The molecule has 1 atom stereocenters. The molecule has 0 saturated carbocycles.